The van der Waals surface area contributed by atoms with E-state index >= 15 is 0 Å². The van der Waals surface area contributed by atoms with Crippen LogP contribution < -0.4 is 5.32 Å². The van der Waals surface area contributed by atoms with Crippen molar-refractivity contribution in [3.8, 4) is 0 Å². The molecular formula is C21H19NO4. The summed E-state index contributed by atoms with van der Waals surface area (Å²) in [5, 5.41) is 3.73. The quantitative estimate of drug-likeness (QED) is 0.541. The molecule has 1 amide bonds. The Bertz CT molecular complexity index is 967. The minimum Gasteiger partial charge on any atom is -0.462 e. The molecule has 0 saturated carbocycles. The lowest BCUT2D eigenvalue weighted by atomic mass is 10.2. The fourth-order valence-electron chi connectivity index (χ4n) is 2.51. The zero-order valence-corrected chi connectivity index (χ0v) is 14.6. The van der Waals surface area contributed by atoms with Gasteiger partial charge in [-0.3, -0.25) is 4.79 Å². The van der Waals surface area contributed by atoms with Crippen LogP contribution in [0.4, 0.5) is 5.69 Å². The Kier molecular flexibility index (Phi) is 5.17. The van der Waals surface area contributed by atoms with Crippen molar-refractivity contribution in [2.24, 2.45) is 0 Å². The van der Waals surface area contributed by atoms with Crippen molar-refractivity contribution in [1.82, 2.24) is 0 Å². The Labute approximate surface area is 151 Å². The molecule has 2 aromatic carbocycles. The van der Waals surface area contributed by atoms with Crippen molar-refractivity contribution in [2.75, 3.05) is 11.9 Å². The summed E-state index contributed by atoms with van der Waals surface area (Å²) in [6.07, 6.45) is 3.03. The lowest BCUT2D eigenvalue weighted by Crippen LogP contribution is -2.08. The Morgan fingerprint density at radius 2 is 1.88 bits per heavy atom. The van der Waals surface area contributed by atoms with Gasteiger partial charge in [-0.2, -0.15) is 0 Å². The lowest BCUT2D eigenvalue weighted by molar-refractivity contribution is -0.111. The SMILES string of the molecule is CCOC(=O)c1ccc(NC(=O)/C=C/c2cc3cc(C)ccc3o2)cc1. The number of fused-ring (bicyclic) bond motifs is 1. The van der Waals surface area contributed by atoms with E-state index in [9.17, 15) is 9.59 Å². The van der Waals surface area contributed by atoms with Crippen molar-refractivity contribution in [2.45, 2.75) is 13.8 Å². The van der Waals surface area contributed by atoms with Crippen LogP contribution in [0.1, 0.15) is 28.6 Å². The van der Waals surface area contributed by atoms with Gasteiger partial charge < -0.3 is 14.5 Å². The van der Waals surface area contributed by atoms with E-state index in [2.05, 4.69) is 5.32 Å². The van der Waals surface area contributed by atoms with E-state index in [1.807, 2.05) is 31.2 Å². The fraction of sp³-hybridized carbons (Fsp3) is 0.143. The molecule has 0 saturated heterocycles. The molecule has 0 aliphatic heterocycles. The fourth-order valence-corrected chi connectivity index (χ4v) is 2.51. The highest BCUT2D eigenvalue weighted by Gasteiger charge is 2.06. The van der Waals surface area contributed by atoms with E-state index in [1.165, 1.54) is 6.08 Å². The highest BCUT2D eigenvalue weighted by molar-refractivity contribution is 6.02. The smallest absolute Gasteiger partial charge is 0.338 e. The van der Waals surface area contributed by atoms with E-state index in [0.29, 0.717) is 23.6 Å². The lowest BCUT2D eigenvalue weighted by Gasteiger charge is -2.04. The average Bonchev–Trinajstić information content (AvgIpc) is 3.03. The average molecular weight is 349 g/mol. The largest absolute Gasteiger partial charge is 0.462 e. The summed E-state index contributed by atoms with van der Waals surface area (Å²) in [4.78, 5) is 23.6. The van der Waals surface area contributed by atoms with Crippen molar-refractivity contribution >= 4 is 34.6 Å². The first-order valence-corrected chi connectivity index (χ1v) is 8.31. The Morgan fingerprint density at radius 1 is 1.12 bits per heavy atom. The van der Waals surface area contributed by atoms with E-state index < -0.39 is 0 Å². The number of benzene rings is 2. The number of hydrogen-bond donors (Lipinski definition) is 1. The molecule has 0 unspecified atom stereocenters. The number of aryl methyl sites for hydroxylation is 1. The molecule has 0 spiro atoms. The number of ether oxygens (including phenoxy) is 1. The Balaban J connectivity index is 1.64. The number of esters is 1. The second kappa shape index (κ2) is 7.70. The monoisotopic (exact) mass is 349 g/mol. The van der Waals surface area contributed by atoms with Crippen molar-refractivity contribution in [3.05, 3.63) is 71.5 Å². The molecule has 5 nitrogen and oxygen atoms in total. The first-order valence-electron chi connectivity index (χ1n) is 8.31. The van der Waals surface area contributed by atoms with Crippen molar-refractivity contribution in [1.29, 1.82) is 0 Å². The first-order chi connectivity index (χ1) is 12.5. The maximum absolute atomic E-state index is 12.0. The molecule has 0 radical (unpaired) electrons. The first kappa shape index (κ1) is 17.5. The predicted octanol–water partition coefficient (Wildman–Crippen LogP) is 4.57. The predicted molar refractivity (Wildman–Crippen MR) is 101 cm³/mol. The van der Waals surface area contributed by atoms with Crippen LogP contribution in [0.5, 0.6) is 0 Å². The summed E-state index contributed by atoms with van der Waals surface area (Å²) in [5.41, 5.74) is 2.97. The Hall–Kier alpha value is -3.34. The molecular weight excluding hydrogens is 330 g/mol. The van der Waals surface area contributed by atoms with Gasteiger partial charge >= 0.3 is 5.97 Å². The molecule has 3 rings (SSSR count). The molecule has 0 aliphatic carbocycles. The van der Waals surface area contributed by atoms with Gasteiger partial charge in [-0.1, -0.05) is 11.6 Å². The molecule has 0 atom stereocenters. The molecule has 0 fully saturated rings. The third kappa shape index (κ3) is 4.19. The maximum atomic E-state index is 12.0. The van der Waals surface area contributed by atoms with Crippen LogP contribution in [0.25, 0.3) is 17.0 Å². The van der Waals surface area contributed by atoms with Gasteiger partial charge in [0.2, 0.25) is 5.91 Å². The summed E-state index contributed by atoms with van der Waals surface area (Å²) in [5.74, 6) is -0.0608. The number of nitrogens with one attached hydrogen (secondary N) is 1. The topological polar surface area (TPSA) is 68.5 Å². The van der Waals surface area contributed by atoms with E-state index in [4.69, 9.17) is 9.15 Å². The number of amides is 1. The van der Waals surface area contributed by atoms with Crippen molar-refractivity contribution in [3.63, 3.8) is 0 Å². The van der Waals surface area contributed by atoms with E-state index in [0.717, 1.165) is 16.5 Å². The van der Waals surface area contributed by atoms with Crippen LogP contribution in [0.2, 0.25) is 0 Å². The molecule has 1 N–H and O–H groups in total. The highest BCUT2D eigenvalue weighted by Crippen LogP contribution is 2.21. The molecule has 132 valence electrons. The van der Waals surface area contributed by atoms with Crippen LogP contribution in [0, 0.1) is 6.92 Å². The highest BCUT2D eigenvalue weighted by atomic mass is 16.5. The number of carbonyl (C=O) groups excluding carboxylic acids is 2. The summed E-state index contributed by atoms with van der Waals surface area (Å²) < 4.78 is 10.6. The van der Waals surface area contributed by atoms with Crippen LogP contribution >= 0.6 is 0 Å². The second-order valence-corrected chi connectivity index (χ2v) is 5.81. The van der Waals surface area contributed by atoms with Crippen molar-refractivity contribution < 1.29 is 18.7 Å². The minimum absolute atomic E-state index is 0.287. The summed E-state index contributed by atoms with van der Waals surface area (Å²) in [6, 6.07) is 14.3. The van der Waals surface area contributed by atoms with Crippen LogP contribution in [0.3, 0.4) is 0 Å². The number of hydrogen-bond acceptors (Lipinski definition) is 4. The molecule has 26 heavy (non-hydrogen) atoms. The third-order valence-corrected chi connectivity index (χ3v) is 3.75. The summed E-state index contributed by atoms with van der Waals surface area (Å²) in [7, 11) is 0. The minimum atomic E-state index is -0.384. The zero-order chi connectivity index (χ0) is 18.5. The molecule has 5 heteroatoms. The van der Waals surface area contributed by atoms with Crippen LogP contribution in [0.15, 0.2) is 59.0 Å². The van der Waals surface area contributed by atoms with Gasteiger partial charge in [0.15, 0.2) is 0 Å². The van der Waals surface area contributed by atoms with E-state index in [1.54, 1.807) is 37.3 Å². The van der Waals surface area contributed by atoms with Crippen LogP contribution in [-0.4, -0.2) is 18.5 Å². The van der Waals surface area contributed by atoms with E-state index in [-0.39, 0.29) is 11.9 Å². The maximum Gasteiger partial charge on any atom is 0.338 e. The van der Waals surface area contributed by atoms with Gasteiger partial charge in [-0.05, 0) is 62.4 Å². The van der Waals surface area contributed by atoms with Gasteiger partial charge in [0, 0.05) is 17.1 Å². The Morgan fingerprint density at radius 3 is 2.62 bits per heavy atom. The standard InChI is InChI=1S/C21H19NO4/c1-3-25-21(24)15-5-7-17(8-6-15)22-20(23)11-9-18-13-16-12-14(2)4-10-19(16)26-18/h4-13H,3H2,1-2H3,(H,22,23)/b11-9+. The molecule has 0 aliphatic rings. The molecule has 0 bridgehead atoms. The van der Waals surface area contributed by atoms with Crippen LogP contribution in [-0.2, 0) is 9.53 Å². The number of anilines is 1. The van der Waals surface area contributed by atoms with Gasteiger partial charge in [0.25, 0.3) is 0 Å². The summed E-state index contributed by atoms with van der Waals surface area (Å²) >= 11 is 0. The summed E-state index contributed by atoms with van der Waals surface area (Å²) in [6.45, 7) is 4.09. The third-order valence-electron chi connectivity index (χ3n) is 3.75. The number of furan rings is 1. The molecule has 1 aromatic heterocycles. The normalized spacial score (nSPS) is 11.0. The number of carbonyl (C=O) groups is 2. The van der Waals surface area contributed by atoms with Gasteiger partial charge in [0.05, 0.1) is 12.2 Å². The molecule has 1 heterocycles. The van der Waals surface area contributed by atoms with Gasteiger partial charge in [0.1, 0.15) is 11.3 Å². The zero-order valence-electron chi connectivity index (χ0n) is 14.6. The number of rotatable bonds is 5. The van der Waals surface area contributed by atoms with Gasteiger partial charge in [-0.25, -0.2) is 4.79 Å². The molecule has 3 aromatic rings. The second-order valence-electron chi connectivity index (χ2n) is 5.81. The van der Waals surface area contributed by atoms with Gasteiger partial charge in [-0.15, -0.1) is 0 Å².